The van der Waals surface area contributed by atoms with Gasteiger partial charge in [0.05, 0.1) is 5.75 Å². The van der Waals surface area contributed by atoms with Gasteiger partial charge in [0.25, 0.3) is 0 Å². The van der Waals surface area contributed by atoms with E-state index in [4.69, 9.17) is 7.58 Å². The van der Waals surface area contributed by atoms with Gasteiger partial charge in [-0.05, 0) is 50.6 Å². The molecule has 0 saturated heterocycles. The number of rotatable bonds is 4. The van der Waals surface area contributed by atoms with E-state index >= 15 is 0 Å². The van der Waals surface area contributed by atoms with E-state index in [1.54, 1.807) is 0 Å². The highest BCUT2D eigenvalue weighted by molar-refractivity contribution is 6.21. The van der Waals surface area contributed by atoms with E-state index in [9.17, 15) is 0 Å². The van der Waals surface area contributed by atoms with Crippen LogP contribution >= 0.6 is 0 Å². The molecular formula is C18H17AlNO2. The van der Waals surface area contributed by atoms with Gasteiger partial charge >= 0.3 is 15.9 Å². The Labute approximate surface area is 137 Å². The Balaban J connectivity index is 1.78. The zero-order valence-corrected chi connectivity index (χ0v) is 14.1. The second kappa shape index (κ2) is 6.39. The van der Waals surface area contributed by atoms with Gasteiger partial charge in [-0.3, -0.25) is 0 Å². The Kier molecular flexibility index (Phi) is 4.33. The van der Waals surface area contributed by atoms with E-state index in [2.05, 4.69) is 31.0 Å². The summed E-state index contributed by atoms with van der Waals surface area (Å²) in [5.74, 6) is 1.62. The molecule has 4 heteroatoms. The molecule has 0 fully saturated rings. The maximum atomic E-state index is 5.86. The molecule has 0 amide bonds. The van der Waals surface area contributed by atoms with Crippen LogP contribution in [0.3, 0.4) is 0 Å². The molecule has 0 saturated carbocycles. The molecule has 3 nitrogen and oxygen atoms in total. The Morgan fingerprint density at radius 3 is 2.45 bits per heavy atom. The molecule has 0 aliphatic heterocycles. The summed E-state index contributed by atoms with van der Waals surface area (Å²) in [5.41, 5.74) is 4.32. The predicted molar refractivity (Wildman–Crippen MR) is 89.4 cm³/mol. The Morgan fingerprint density at radius 1 is 0.909 bits per heavy atom. The van der Waals surface area contributed by atoms with Crippen LogP contribution in [0.4, 0.5) is 0 Å². The van der Waals surface area contributed by atoms with Crippen molar-refractivity contribution in [2.24, 2.45) is 0 Å². The molecule has 0 unspecified atom stereocenters. The molecule has 1 aromatic heterocycles. The normalized spacial score (nSPS) is 10.5. The Bertz CT molecular complexity index is 800. The Hall–Kier alpha value is -2.02. The van der Waals surface area contributed by atoms with Gasteiger partial charge in [0.2, 0.25) is 0 Å². The molecule has 0 bridgehead atoms. The number of para-hydroxylation sites is 1. The summed E-state index contributed by atoms with van der Waals surface area (Å²) in [4.78, 5) is 4.61. The van der Waals surface area contributed by atoms with Crippen molar-refractivity contribution in [2.75, 3.05) is 0 Å². The molecular weight excluding hydrogens is 289 g/mol. The number of fused-ring (bicyclic) bond motifs is 1. The van der Waals surface area contributed by atoms with Crippen molar-refractivity contribution >= 4 is 26.8 Å². The van der Waals surface area contributed by atoms with Crippen molar-refractivity contribution in [1.82, 2.24) is 4.98 Å². The first-order valence-electron chi connectivity index (χ1n) is 7.22. The van der Waals surface area contributed by atoms with E-state index in [0.29, 0.717) is 0 Å². The van der Waals surface area contributed by atoms with Gasteiger partial charge in [-0.15, -0.1) is 0 Å². The highest BCUT2D eigenvalue weighted by atomic mass is 27.2. The zero-order chi connectivity index (χ0) is 15.5. The van der Waals surface area contributed by atoms with Crippen LogP contribution in [0.15, 0.2) is 48.5 Å². The third kappa shape index (κ3) is 3.24. The van der Waals surface area contributed by atoms with Crippen molar-refractivity contribution in [3.8, 4) is 11.5 Å². The molecule has 0 spiro atoms. The molecule has 1 radical (unpaired) electrons. The van der Waals surface area contributed by atoms with Crippen LogP contribution in [0, 0.1) is 20.8 Å². The average Bonchev–Trinajstić information content (AvgIpc) is 2.50. The third-order valence-electron chi connectivity index (χ3n) is 3.52. The van der Waals surface area contributed by atoms with Gasteiger partial charge in [0, 0.05) is 11.1 Å². The predicted octanol–water partition coefficient (Wildman–Crippen LogP) is 4.15. The van der Waals surface area contributed by atoms with Crippen molar-refractivity contribution in [3.63, 3.8) is 0 Å². The molecule has 2 aromatic carbocycles. The molecule has 0 aliphatic rings. The second-order valence-corrected chi connectivity index (χ2v) is 6.04. The minimum Gasteiger partial charge on any atom is -0.616 e. The highest BCUT2D eigenvalue weighted by Crippen LogP contribution is 2.26. The smallest absolute Gasteiger partial charge is 0.616 e. The summed E-state index contributed by atoms with van der Waals surface area (Å²) < 4.78 is 11.6. The van der Waals surface area contributed by atoms with Crippen LogP contribution in [-0.2, 0) is 0 Å². The van der Waals surface area contributed by atoms with E-state index in [1.165, 1.54) is 11.1 Å². The lowest BCUT2D eigenvalue weighted by molar-refractivity contribution is 0.461. The maximum Gasteiger partial charge on any atom is 0.881 e. The van der Waals surface area contributed by atoms with E-state index in [0.717, 1.165) is 28.1 Å². The highest BCUT2D eigenvalue weighted by Gasteiger charge is 2.10. The first-order chi connectivity index (χ1) is 10.6. The molecule has 3 rings (SSSR count). The summed E-state index contributed by atoms with van der Waals surface area (Å²) in [5, 5.41) is 1.12. The fraction of sp³-hybridized carbons (Fsp3) is 0.167. The molecule has 0 aliphatic carbocycles. The lowest BCUT2D eigenvalue weighted by Crippen LogP contribution is -2.11. The first-order valence-corrected chi connectivity index (χ1v) is 8.16. The summed E-state index contributed by atoms with van der Waals surface area (Å²) in [6.07, 6.45) is 0. The number of hydrogen-bond acceptors (Lipinski definition) is 3. The first kappa shape index (κ1) is 14.9. The fourth-order valence-corrected chi connectivity index (χ4v) is 3.01. The number of pyridine rings is 1. The molecule has 109 valence electrons. The number of aromatic nitrogens is 1. The van der Waals surface area contributed by atoms with Crippen molar-refractivity contribution < 1.29 is 7.58 Å². The van der Waals surface area contributed by atoms with Crippen LogP contribution in [-0.4, -0.2) is 20.9 Å². The van der Waals surface area contributed by atoms with Crippen LogP contribution < -0.4 is 7.58 Å². The third-order valence-corrected chi connectivity index (χ3v) is 4.24. The number of nitrogens with zero attached hydrogens (tertiary/aromatic N) is 1. The summed E-state index contributed by atoms with van der Waals surface area (Å²) in [7, 11) is 0. The van der Waals surface area contributed by atoms with E-state index < -0.39 is 15.9 Å². The second-order valence-electron chi connectivity index (χ2n) is 5.38. The summed E-state index contributed by atoms with van der Waals surface area (Å²) in [6, 6.07) is 16.1. The van der Waals surface area contributed by atoms with Crippen LogP contribution in [0.1, 0.15) is 16.8 Å². The monoisotopic (exact) mass is 306 g/mol. The summed E-state index contributed by atoms with van der Waals surface area (Å²) >= 11 is -0.625. The minimum absolute atomic E-state index is 0.625. The Morgan fingerprint density at radius 2 is 1.68 bits per heavy atom. The maximum absolute atomic E-state index is 5.86. The van der Waals surface area contributed by atoms with Crippen LogP contribution in [0.25, 0.3) is 10.9 Å². The quantitative estimate of drug-likeness (QED) is 0.678. The minimum atomic E-state index is -0.625. The molecule has 3 aromatic rings. The van der Waals surface area contributed by atoms with Gasteiger partial charge in [0.15, 0.2) is 0 Å². The van der Waals surface area contributed by atoms with Crippen LogP contribution in [0.5, 0.6) is 11.5 Å². The largest absolute Gasteiger partial charge is 0.881 e. The average molecular weight is 306 g/mol. The molecule has 22 heavy (non-hydrogen) atoms. The SMILES string of the molecule is Cc1ccc([O][Al][O]c2cccc3c(C)cc(C)nc23)cc1. The summed E-state index contributed by atoms with van der Waals surface area (Å²) in [6.45, 7) is 6.15. The zero-order valence-electron chi connectivity index (χ0n) is 13.0. The number of benzene rings is 2. The van der Waals surface area contributed by atoms with Gasteiger partial charge in [-0.1, -0.05) is 29.8 Å². The lowest BCUT2D eigenvalue weighted by atomic mass is 10.1. The topological polar surface area (TPSA) is 31.4 Å². The van der Waals surface area contributed by atoms with Crippen molar-refractivity contribution in [2.45, 2.75) is 20.8 Å². The van der Waals surface area contributed by atoms with E-state index in [1.807, 2.05) is 43.3 Å². The lowest BCUT2D eigenvalue weighted by Gasteiger charge is -2.12. The molecule has 0 N–H and O–H groups in total. The standard InChI is InChI=1S/C11H11NO.C7H8O.Al/c1-7-6-8(2)12-11-9(7)4-3-5-10(11)13;1-6-2-4-7(8)5-3-6;/h3-6,13H,1-2H3;2-5,8H,1H3;/q;;+2/p-2. The van der Waals surface area contributed by atoms with Gasteiger partial charge < -0.3 is 7.58 Å². The molecule has 1 heterocycles. The van der Waals surface area contributed by atoms with Crippen molar-refractivity contribution in [1.29, 1.82) is 0 Å². The van der Waals surface area contributed by atoms with E-state index in [-0.39, 0.29) is 0 Å². The van der Waals surface area contributed by atoms with Crippen molar-refractivity contribution in [3.05, 3.63) is 65.4 Å². The fourth-order valence-electron chi connectivity index (χ4n) is 2.40. The number of hydrogen-bond donors (Lipinski definition) is 0. The number of aryl methyl sites for hydroxylation is 3. The van der Waals surface area contributed by atoms with Gasteiger partial charge in [0.1, 0.15) is 11.3 Å². The van der Waals surface area contributed by atoms with Gasteiger partial charge in [-0.25, -0.2) is 4.98 Å². The molecule has 0 atom stereocenters. The van der Waals surface area contributed by atoms with Gasteiger partial charge in [-0.2, -0.15) is 0 Å². The van der Waals surface area contributed by atoms with Crippen LogP contribution in [0.2, 0.25) is 0 Å².